The number of likely N-dealkylation sites (tertiary alicyclic amines) is 1. The highest BCUT2D eigenvalue weighted by Crippen LogP contribution is 2.26. The Morgan fingerprint density at radius 2 is 1.84 bits per heavy atom. The van der Waals surface area contributed by atoms with Crippen molar-refractivity contribution in [1.82, 2.24) is 4.90 Å². The van der Waals surface area contributed by atoms with Crippen LogP contribution >= 0.6 is 0 Å². The van der Waals surface area contributed by atoms with Crippen LogP contribution in [0.3, 0.4) is 0 Å². The van der Waals surface area contributed by atoms with Crippen molar-refractivity contribution < 1.29 is 19.1 Å². The Hall–Kier alpha value is -2.04. The van der Waals surface area contributed by atoms with Gasteiger partial charge in [-0.15, -0.1) is 0 Å². The lowest BCUT2D eigenvalue weighted by molar-refractivity contribution is -0.120. The third-order valence-corrected chi connectivity index (χ3v) is 3.25. The standard InChI is InChI=1S/C14H17NO4/c1-18-11-3-4-13(19-2)12(9-11)14(17)15-7-5-10(16)6-8-15/h3-4,9H,5-8H2,1-2H3. The predicted molar refractivity (Wildman–Crippen MR) is 69.7 cm³/mol. The van der Waals surface area contributed by atoms with Gasteiger partial charge < -0.3 is 14.4 Å². The largest absolute Gasteiger partial charge is 0.497 e. The highest BCUT2D eigenvalue weighted by molar-refractivity contribution is 5.98. The molecule has 1 aliphatic rings. The first-order chi connectivity index (χ1) is 9.15. The quantitative estimate of drug-likeness (QED) is 0.829. The van der Waals surface area contributed by atoms with E-state index >= 15 is 0 Å². The second-order valence-corrected chi connectivity index (χ2v) is 4.40. The number of ketones is 1. The molecular formula is C14H17NO4. The van der Waals surface area contributed by atoms with Crippen LogP contribution in [0.4, 0.5) is 0 Å². The number of hydrogen-bond donors (Lipinski definition) is 0. The number of amides is 1. The van der Waals surface area contributed by atoms with E-state index in [1.165, 1.54) is 7.11 Å². The summed E-state index contributed by atoms with van der Waals surface area (Å²) in [6.45, 7) is 0.941. The van der Waals surface area contributed by atoms with Gasteiger partial charge in [0.1, 0.15) is 17.3 Å². The summed E-state index contributed by atoms with van der Waals surface area (Å²) in [7, 11) is 3.08. The van der Waals surface area contributed by atoms with E-state index in [0.717, 1.165) is 0 Å². The third-order valence-electron chi connectivity index (χ3n) is 3.25. The molecule has 0 saturated carbocycles. The lowest BCUT2D eigenvalue weighted by Gasteiger charge is -2.26. The van der Waals surface area contributed by atoms with Gasteiger partial charge in [0.15, 0.2) is 0 Å². The molecule has 0 radical (unpaired) electrons. The fraction of sp³-hybridized carbons (Fsp3) is 0.429. The Bertz CT molecular complexity index is 488. The molecule has 0 spiro atoms. The van der Waals surface area contributed by atoms with Crippen LogP contribution in [-0.2, 0) is 4.79 Å². The van der Waals surface area contributed by atoms with Crippen LogP contribution in [-0.4, -0.2) is 43.9 Å². The normalized spacial score (nSPS) is 15.3. The van der Waals surface area contributed by atoms with Crippen molar-refractivity contribution in [3.8, 4) is 11.5 Å². The molecular weight excluding hydrogens is 246 g/mol. The Morgan fingerprint density at radius 3 is 2.42 bits per heavy atom. The summed E-state index contributed by atoms with van der Waals surface area (Å²) in [6.07, 6.45) is 0.857. The van der Waals surface area contributed by atoms with Crippen LogP contribution in [0.15, 0.2) is 18.2 Å². The lowest BCUT2D eigenvalue weighted by atomic mass is 10.1. The van der Waals surface area contributed by atoms with Crippen molar-refractivity contribution in [3.05, 3.63) is 23.8 Å². The molecule has 0 N–H and O–H groups in total. The molecule has 1 saturated heterocycles. The van der Waals surface area contributed by atoms with Gasteiger partial charge in [-0.3, -0.25) is 9.59 Å². The number of piperidine rings is 1. The lowest BCUT2D eigenvalue weighted by Crippen LogP contribution is -2.38. The molecule has 1 aromatic rings. The second-order valence-electron chi connectivity index (χ2n) is 4.40. The Labute approximate surface area is 112 Å². The third kappa shape index (κ3) is 2.86. The highest BCUT2D eigenvalue weighted by atomic mass is 16.5. The van der Waals surface area contributed by atoms with E-state index < -0.39 is 0 Å². The van der Waals surface area contributed by atoms with E-state index in [1.807, 2.05) is 0 Å². The molecule has 5 heteroatoms. The van der Waals surface area contributed by atoms with E-state index in [4.69, 9.17) is 9.47 Å². The van der Waals surface area contributed by atoms with Crippen molar-refractivity contribution in [1.29, 1.82) is 0 Å². The minimum Gasteiger partial charge on any atom is -0.497 e. The number of benzene rings is 1. The number of carbonyl (C=O) groups is 2. The Kier molecular flexibility index (Phi) is 4.04. The van der Waals surface area contributed by atoms with E-state index in [0.29, 0.717) is 43.0 Å². The molecule has 0 aromatic heterocycles. The van der Waals surface area contributed by atoms with Gasteiger partial charge in [0.25, 0.3) is 5.91 Å². The summed E-state index contributed by atoms with van der Waals surface area (Å²) in [5.74, 6) is 1.21. The number of hydrogen-bond acceptors (Lipinski definition) is 4. The van der Waals surface area contributed by atoms with Gasteiger partial charge in [-0.2, -0.15) is 0 Å². The van der Waals surface area contributed by atoms with Crippen molar-refractivity contribution >= 4 is 11.7 Å². The maximum atomic E-state index is 12.4. The van der Waals surface area contributed by atoms with Crippen molar-refractivity contribution in [2.24, 2.45) is 0 Å². The zero-order valence-corrected chi connectivity index (χ0v) is 11.1. The zero-order chi connectivity index (χ0) is 13.8. The topological polar surface area (TPSA) is 55.8 Å². The SMILES string of the molecule is COc1ccc(OC)c(C(=O)N2CCC(=O)CC2)c1. The van der Waals surface area contributed by atoms with Crippen molar-refractivity contribution in [2.45, 2.75) is 12.8 Å². The van der Waals surface area contributed by atoms with Crippen LogP contribution in [0.5, 0.6) is 11.5 Å². The minimum atomic E-state index is -0.122. The van der Waals surface area contributed by atoms with Crippen LogP contribution in [0.2, 0.25) is 0 Å². The first kappa shape index (κ1) is 13.4. The summed E-state index contributed by atoms with van der Waals surface area (Å²) in [5.41, 5.74) is 0.469. The molecule has 1 aromatic carbocycles. The number of carbonyl (C=O) groups excluding carboxylic acids is 2. The summed E-state index contributed by atoms with van der Waals surface area (Å²) in [6, 6.07) is 5.12. The predicted octanol–water partition coefficient (Wildman–Crippen LogP) is 1.51. The van der Waals surface area contributed by atoms with Crippen LogP contribution < -0.4 is 9.47 Å². The number of Topliss-reactive ketones (excluding diaryl/α,β-unsaturated/α-hetero) is 1. The fourth-order valence-corrected chi connectivity index (χ4v) is 2.11. The van der Waals surface area contributed by atoms with Gasteiger partial charge in [0.2, 0.25) is 0 Å². The molecule has 0 unspecified atom stereocenters. The maximum absolute atomic E-state index is 12.4. The Balaban J connectivity index is 2.24. The summed E-state index contributed by atoms with van der Waals surface area (Å²) in [5, 5.41) is 0. The van der Waals surface area contributed by atoms with Gasteiger partial charge in [-0.25, -0.2) is 0 Å². The molecule has 0 atom stereocenters. The van der Waals surface area contributed by atoms with Crippen molar-refractivity contribution in [3.63, 3.8) is 0 Å². The second kappa shape index (κ2) is 5.73. The molecule has 0 aliphatic carbocycles. The molecule has 1 heterocycles. The van der Waals surface area contributed by atoms with Crippen LogP contribution in [0.25, 0.3) is 0 Å². The average Bonchev–Trinajstić information content (AvgIpc) is 2.46. The molecule has 5 nitrogen and oxygen atoms in total. The first-order valence-corrected chi connectivity index (χ1v) is 6.18. The van der Waals surface area contributed by atoms with Crippen molar-refractivity contribution in [2.75, 3.05) is 27.3 Å². The van der Waals surface area contributed by atoms with E-state index in [1.54, 1.807) is 30.2 Å². The maximum Gasteiger partial charge on any atom is 0.257 e. The first-order valence-electron chi connectivity index (χ1n) is 6.18. The van der Waals surface area contributed by atoms with Crippen LogP contribution in [0.1, 0.15) is 23.2 Å². The summed E-state index contributed by atoms with van der Waals surface area (Å²) >= 11 is 0. The van der Waals surface area contributed by atoms with Gasteiger partial charge in [0, 0.05) is 25.9 Å². The fourth-order valence-electron chi connectivity index (χ4n) is 2.11. The highest BCUT2D eigenvalue weighted by Gasteiger charge is 2.24. The smallest absolute Gasteiger partial charge is 0.257 e. The molecule has 102 valence electrons. The number of ether oxygens (including phenoxy) is 2. The van der Waals surface area contributed by atoms with Crippen LogP contribution in [0, 0.1) is 0 Å². The molecule has 1 fully saturated rings. The molecule has 0 bridgehead atoms. The van der Waals surface area contributed by atoms with Gasteiger partial charge >= 0.3 is 0 Å². The number of methoxy groups -OCH3 is 2. The van der Waals surface area contributed by atoms with Gasteiger partial charge in [-0.05, 0) is 18.2 Å². The monoisotopic (exact) mass is 263 g/mol. The van der Waals surface area contributed by atoms with Gasteiger partial charge in [0.05, 0.1) is 19.8 Å². The average molecular weight is 263 g/mol. The molecule has 19 heavy (non-hydrogen) atoms. The summed E-state index contributed by atoms with van der Waals surface area (Å²) < 4.78 is 10.3. The number of rotatable bonds is 3. The zero-order valence-electron chi connectivity index (χ0n) is 11.1. The van der Waals surface area contributed by atoms with E-state index in [2.05, 4.69) is 0 Å². The van der Waals surface area contributed by atoms with E-state index in [-0.39, 0.29) is 11.7 Å². The molecule has 1 aliphatic heterocycles. The Morgan fingerprint density at radius 1 is 1.16 bits per heavy atom. The number of nitrogens with zero attached hydrogens (tertiary/aromatic N) is 1. The minimum absolute atomic E-state index is 0.122. The summed E-state index contributed by atoms with van der Waals surface area (Å²) in [4.78, 5) is 25.3. The van der Waals surface area contributed by atoms with Gasteiger partial charge in [-0.1, -0.05) is 0 Å². The van der Waals surface area contributed by atoms with E-state index in [9.17, 15) is 9.59 Å². The molecule has 1 amide bonds. The molecule has 2 rings (SSSR count).